The highest BCUT2D eigenvalue weighted by Crippen LogP contribution is 2.30. The second-order valence-electron chi connectivity index (χ2n) is 5.62. The number of nitrogens with zero attached hydrogens (tertiary/aromatic N) is 1. The molecular formula is C15H23BrN2O. The monoisotopic (exact) mass is 326 g/mol. The topological polar surface area (TPSA) is 38.5 Å². The lowest BCUT2D eigenvalue weighted by molar-refractivity contribution is 0.00268. The lowest BCUT2D eigenvalue weighted by Gasteiger charge is -2.39. The van der Waals surface area contributed by atoms with Crippen LogP contribution in [0.4, 0.5) is 0 Å². The number of hydrogen-bond donors (Lipinski definition) is 1. The Balaban J connectivity index is 1.94. The molecule has 1 aromatic rings. The van der Waals surface area contributed by atoms with Crippen LogP contribution < -0.4 is 5.73 Å². The zero-order valence-corrected chi connectivity index (χ0v) is 13.2. The van der Waals surface area contributed by atoms with E-state index in [4.69, 9.17) is 10.5 Å². The first-order valence-corrected chi connectivity index (χ1v) is 7.64. The molecule has 1 aliphatic rings. The minimum atomic E-state index is 0.235. The van der Waals surface area contributed by atoms with E-state index in [1.807, 2.05) is 0 Å². The normalized spacial score (nSPS) is 18.7. The summed E-state index contributed by atoms with van der Waals surface area (Å²) in [4.78, 5) is 2.37. The van der Waals surface area contributed by atoms with E-state index in [0.29, 0.717) is 0 Å². The van der Waals surface area contributed by atoms with Gasteiger partial charge in [0.15, 0.2) is 0 Å². The van der Waals surface area contributed by atoms with Gasteiger partial charge in [-0.2, -0.15) is 0 Å². The summed E-state index contributed by atoms with van der Waals surface area (Å²) in [6, 6.07) is 8.49. The van der Waals surface area contributed by atoms with Gasteiger partial charge in [-0.25, -0.2) is 0 Å². The molecule has 4 heteroatoms. The summed E-state index contributed by atoms with van der Waals surface area (Å²) in [6.45, 7) is 4.45. The average Bonchev–Trinajstić information content (AvgIpc) is 2.39. The molecule has 0 aliphatic carbocycles. The van der Waals surface area contributed by atoms with Gasteiger partial charge in [-0.05, 0) is 49.5 Å². The SMILES string of the molecule is CN(Cc1cccc(Br)c1)CC1(CN)CCOCC1. The first kappa shape index (κ1) is 15.0. The highest BCUT2D eigenvalue weighted by Gasteiger charge is 2.32. The number of benzene rings is 1. The first-order chi connectivity index (χ1) is 9.13. The third-order valence-electron chi connectivity index (χ3n) is 3.93. The average molecular weight is 327 g/mol. The summed E-state index contributed by atoms with van der Waals surface area (Å²) < 4.78 is 6.60. The fourth-order valence-electron chi connectivity index (χ4n) is 2.81. The molecule has 1 aliphatic heterocycles. The Bertz CT molecular complexity index is 405. The molecule has 0 aromatic heterocycles. The van der Waals surface area contributed by atoms with Crippen molar-refractivity contribution < 1.29 is 4.74 Å². The maximum atomic E-state index is 6.01. The molecule has 0 radical (unpaired) electrons. The highest BCUT2D eigenvalue weighted by molar-refractivity contribution is 9.10. The second kappa shape index (κ2) is 6.84. The number of rotatable bonds is 5. The van der Waals surface area contributed by atoms with Gasteiger partial charge in [-0.1, -0.05) is 28.1 Å². The van der Waals surface area contributed by atoms with Gasteiger partial charge < -0.3 is 15.4 Å². The van der Waals surface area contributed by atoms with E-state index in [2.05, 4.69) is 52.1 Å². The summed E-state index contributed by atoms with van der Waals surface area (Å²) in [5.74, 6) is 0. The molecule has 0 atom stereocenters. The van der Waals surface area contributed by atoms with Crippen molar-refractivity contribution in [2.75, 3.05) is 33.4 Å². The van der Waals surface area contributed by atoms with E-state index >= 15 is 0 Å². The quantitative estimate of drug-likeness (QED) is 0.904. The summed E-state index contributed by atoms with van der Waals surface area (Å²) in [6.07, 6.45) is 2.15. The molecule has 2 rings (SSSR count). The van der Waals surface area contributed by atoms with Gasteiger partial charge in [-0.15, -0.1) is 0 Å². The molecule has 0 spiro atoms. The van der Waals surface area contributed by atoms with Crippen LogP contribution in [0.15, 0.2) is 28.7 Å². The van der Waals surface area contributed by atoms with Crippen LogP contribution in [0.3, 0.4) is 0 Å². The Kier molecular flexibility index (Phi) is 5.39. The third-order valence-corrected chi connectivity index (χ3v) is 4.43. The predicted octanol–water partition coefficient (Wildman–Crippen LogP) is 2.64. The van der Waals surface area contributed by atoms with Gasteiger partial charge in [0, 0.05) is 30.8 Å². The van der Waals surface area contributed by atoms with Crippen LogP contribution in [-0.2, 0) is 11.3 Å². The summed E-state index contributed by atoms with van der Waals surface area (Å²) in [5.41, 5.74) is 7.58. The Morgan fingerprint density at radius 3 is 2.74 bits per heavy atom. The van der Waals surface area contributed by atoms with Crippen LogP contribution >= 0.6 is 15.9 Å². The van der Waals surface area contributed by atoms with Crippen LogP contribution in [0.2, 0.25) is 0 Å². The number of ether oxygens (including phenoxy) is 1. The Hall–Kier alpha value is -0.420. The molecule has 3 nitrogen and oxygen atoms in total. The summed E-state index contributed by atoms with van der Waals surface area (Å²) in [7, 11) is 2.17. The van der Waals surface area contributed by atoms with E-state index < -0.39 is 0 Å². The van der Waals surface area contributed by atoms with E-state index in [9.17, 15) is 0 Å². The highest BCUT2D eigenvalue weighted by atomic mass is 79.9. The predicted molar refractivity (Wildman–Crippen MR) is 82.0 cm³/mol. The van der Waals surface area contributed by atoms with Gasteiger partial charge in [0.25, 0.3) is 0 Å². The maximum Gasteiger partial charge on any atom is 0.0472 e. The lowest BCUT2D eigenvalue weighted by Crippen LogP contribution is -2.44. The molecular weight excluding hydrogens is 304 g/mol. The zero-order valence-electron chi connectivity index (χ0n) is 11.6. The van der Waals surface area contributed by atoms with Crippen molar-refractivity contribution in [3.8, 4) is 0 Å². The van der Waals surface area contributed by atoms with E-state index in [1.165, 1.54) is 5.56 Å². The molecule has 106 valence electrons. The van der Waals surface area contributed by atoms with Crippen molar-refractivity contribution in [1.82, 2.24) is 4.90 Å². The molecule has 2 N–H and O–H groups in total. The maximum absolute atomic E-state index is 6.01. The van der Waals surface area contributed by atoms with Crippen molar-refractivity contribution in [1.29, 1.82) is 0 Å². The van der Waals surface area contributed by atoms with Crippen LogP contribution in [0.5, 0.6) is 0 Å². The molecule has 0 amide bonds. The van der Waals surface area contributed by atoms with Gasteiger partial charge in [0.1, 0.15) is 0 Å². The fraction of sp³-hybridized carbons (Fsp3) is 0.600. The number of hydrogen-bond acceptors (Lipinski definition) is 3. The first-order valence-electron chi connectivity index (χ1n) is 6.84. The van der Waals surface area contributed by atoms with Crippen molar-refractivity contribution in [2.45, 2.75) is 19.4 Å². The number of halogens is 1. The van der Waals surface area contributed by atoms with Gasteiger partial charge in [-0.3, -0.25) is 0 Å². The molecule has 1 saturated heterocycles. The van der Waals surface area contributed by atoms with Gasteiger partial charge in [0.2, 0.25) is 0 Å². The van der Waals surface area contributed by atoms with Crippen LogP contribution in [0, 0.1) is 5.41 Å². The smallest absolute Gasteiger partial charge is 0.0472 e. The van der Waals surface area contributed by atoms with Gasteiger partial charge in [0.05, 0.1) is 0 Å². The van der Waals surface area contributed by atoms with E-state index in [1.54, 1.807) is 0 Å². The molecule has 19 heavy (non-hydrogen) atoms. The van der Waals surface area contributed by atoms with Crippen molar-refractivity contribution >= 4 is 15.9 Å². The Morgan fingerprint density at radius 2 is 2.11 bits per heavy atom. The number of nitrogens with two attached hydrogens (primary N) is 1. The largest absolute Gasteiger partial charge is 0.381 e. The Labute approximate surface area is 124 Å². The summed E-state index contributed by atoms with van der Waals surface area (Å²) in [5, 5.41) is 0. The molecule has 1 aromatic carbocycles. The van der Waals surface area contributed by atoms with Crippen molar-refractivity contribution in [3.05, 3.63) is 34.3 Å². The molecule has 1 fully saturated rings. The van der Waals surface area contributed by atoms with Crippen molar-refractivity contribution in [3.63, 3.8) is 0 Å². The third kappa shape index (κ3) is 4.28. The minimum absolute atomic E-state index is 0.235. The van der Waals surface area contributed by atoms with Crippen LogP contribution in [-0.4, -0.2) is 38.3 Å². The minimum Gasteiger partial charge on any atom is -0.381 e. The van der Waals surface area contributed by atoms with Crippen molar-refractivity contribution in [2.24, 2.45) is 11.1 Å². The molecule has 0 saturated carbocycles. The summed E-state index contributed by atoms with van der Waals surface area (Å²) >= 11 is 3.52. The fourth-order valence-corrected chi connectivity index (χ4v) is 3.25. The van der Waals surface area contributed by atoms with E-state index in [-0.39, 0.29) is 5.41 Å². The van der Waals surface area contributed by atoms with E-state index in [0.717, 1.165) is 50.2 Å². The standard InChI is InChI=1S/C15H23BrN2O/c1-18(10-13-3-2-4-14(16)9-13)12-15(11-17)5-7-19-8-6-15/h2-4,9H,5-8,10-12,17H2,1H3. The Morgan fingerprint density at radius 1 is 1.37 bits per heavy atom. The zero-order chi connectivity index (χ0) is 13.7. The van der Waals surface area contributed by atoms with Crippen LogP contribution in [0.1, 0.15) is 18.4 Å². The van der Waals surface area contributed by atoms with Crippen LogP contribution in [0.25, 0.3) is 0 Å². The second-order valence-corrected chi connectivity index (χ2v) is 6.53. The molecule has 0 unspecified atom stereocenters. The van der Waals surface area contributed by atoms with Gasteiger partial charge >= 0.3 is 0 Å². The molecule has 1 heterocycles. The molecule has 0 bridgehead atoms. The lowest BCUT2D eigenvalue weighted by atomic mass is 9.80.